The van der Waals surface area contributed by atoms with Gasteiger partial charge in [0.25, 0.3) is 0 Å². The molecule has 0 bridgehead atoms. The molecular formula is C25H25N3O2S2. The average Bonchev–Trinajstić information content (AvgIpc) is 3.17. The van der Waals surface area contributed by atoms with Crippen LogP contribution >= 0.6 is 23.1 Å². The van der Waals surface area contributed by atoms with Crippen LogP contribution in [0.15, 0.2) is 58.8 Å². The fourth-order valence-corrected chi connectivity index (χ4v) is 4.92. The molecule has 1 atom stereocenters. The third kappa shape index (κ3) is 6.00. The third-order valence-corrected chi connectivity index (χ3v) is 6.77. The van der Waals surface area contributed by atoms with Crippen molar-refractivity contribution in [1.29, 1.82) is 5.26 Å². The second-order valence-electron chi connectivity index (χ2n) is 7.41. The van der Waals surface area contributed by atoms with Crippen LogP contribution < -0.4 is 10.6 Å². The van der Waals surface area contributed by atoms with Crippen molar-refractivity contribution in [1.82, 2.24) is 0 Å². The molecule has 0 saturated heterocycles. The number of rotatable bonds is 8. The predicted molar refractivity (Wildman–Crippen MR) is 133 cm³/mol. The fraction of sp³-hybridized carbons (Fsp3) is 0.240. The van der Waals surface area contributed by atoms with Crippen molar-refractivity contribution in [2.75, 3.05) is 10.6 Å². The Bertz CT molecular complexity index is 1150. The smallest absolute Gasteiger partial charge is 0.238 e. The van der Waals surface area contributed by atoms with Crippen molar-refractivity contribution >= 4 is 45.6 Å². The van der Waals surface area contributed by atoms with Crippen LogP contribution in [0.4, 0.5) is 10.7 Å². The van der Waals surface area contributed by atoms with Crippen LogP contribution in [0.25, 0.3) is 11.1 Å². The lowest BCUT2D eigenvalue weighted by Crippen LogP contribution is -2.22. The van der Waals surface area contributed by atoms with Crippen molar-refractivity contribution in [2.24, 2.45) is 0 Å². The van der Waals surface area contributed by atoms with E-state index in [4.69, 9.17) is 0 Å². The number of nitrogens with zero attached hydrogens (tertiary/aromatic N) is 1. The number of anilines is 2. The summed E-state index contributed by atoms with van der Waals surface area (Å²) in [4.78, 5) is 25.5. The minimum absolute atomic E-state index is 0.0217. The van der Waals surface area contributed by atoms with Crippen molar-refractivity contribution < 1.29 is 9.59 Å². The number of carbonyl (C=O) groups excluding carboxylic acids is 2. The van der Waals surface area contributed by atoms with Crippen LogP contribution in [-0.4, -0.2) is 17.1 Å². The van der Waals surface area contributed by atoms with Crippen molar-refractivity contribution in [3.8, 4) is 17.2 Å². The quantitative estimate of drug-likeness (QED) is 0.376. The van der Waals surface area contributed by atoms with E-state index in [-0.39, 0.29) is 17.1 Å². The highest BCUT2D eigenvalue weighted by Crippen LogP contribution is 2.36. The summed E-state index contributed by atoms with van der Waals surface area (Å²) in [5.41, 5.74) is 4.12. The summed E-state index contributed by atoms with van der Waals surface area (Å²) in [6.07, 6.45) is 1.26. The minimum Gasteiger partial charge on any atom is -0.326 e. The molecule has 2 amide bonds. The second-order valence-corrected chi connectivity index (χ2v) is 9.70. The molecule has 0 aliphatic rings. The van der Waals surface area contributed by atoms with Gasteiger partial charge in [0.15, 0.2) is 0 Å². The van der Waals surface area contributed by atoms with Gasteiger partial charge in [-0.15, -0.1) is 23.1 Å². The number of nitriles is 1. The lowest BCUT2D eigenvalue weighted by atomic mass is 10.0. The molecule has 1 aromatic heterocycles. The molecule has 3 rings (SSSR count). The van der Waals surface area contributed by atoms with E-state index in [1.165, 1.54) is 23.1 Å². The zero-order chi connectivity index (χ0) is 23.1. The van der Waals surface area contributed by atoms with Crippen LogP contribution in [0.1, 0.15) is 37.8 Å². The summed E-state index contributed by atoms with van der Waals surface area (Å²) in [6.45, 7) is 5.80. The van der Waals surface area contributed by atoms with E-state index in [9.17, 15) is 14.9 Å². The molecule has 2 aromatic carbocycles. The Labute approximate surface area is 196 Å². The number of aryl methyl sites for hydroxylation is 1. The summed E-state index contributed by atoms with van der Waals surface area (Å²) in [5.74, 6) is -0.198. The van der Waals surface area contributed by atoms with E-state index in [0.29, 0.717) is 22.7 Å². The molecule has 0 radical (unpaired) electrons. The molecule has 2 N–H and O–H groups in total. The lowest BCUT2D eigenvalue weighted by Gasteiger charge is -2.12. The van der Waals surface area contributed by atoms with Crippen LogP contribution in [-0.2, 0) is 9.59 Å². The number of nitrogens with one attached hydrogen (secondary N) is 2. The highest BCUT2D eigenvalue weighted by Gasteiger charge is 2.20. The second kappa shape index (κ2) is 11.0. The molecule has 32 heavy (non-hydrogen) atoms. The Morgan fingerprint density at radius 3 is 2.59 bits per heavy atom. The molecule has 0 fully saturated rings. The highest BCUT2D eigenvalue weighted by molar-refractivity contribution is 8.00. The molecule has 0 aliphatic carbocycles. The summed E-state index contributed by atoms with van der Waals surface area (Å²) in [7, 11) is 0. The van der Waals surface area contributed by atoms with Gasteiger partial charge in [0, 0.05) is 27.9 Å². The first-order valence-electron chi connectivity index (χ1n) is 10.4. The Morgan fingerprint density at radius 1 is 1.16 bits per heavy atom. The minimum atomic E-state index is -0.381. The van der Waals surface area contributed by atoms with Crippen molar-refractivity contribution in [3.05, 3.63) is 65.0 Å². The number of carbonyl (C=O) groups is 2. The Kier molecular flexibility index (Phi) is 8.09. The monoisotopic (exact) mass is 463 g/mol. The zero-order valence-corrected chi connectivity index (χ0v) is 19.9. The molecule has 0 aliphatic heterocycles. The molecule has 3 aromatic rings. The number of thiophene rings is 1. The van der Waals surface area contributed by atoms with Crippen molar-refractivity contribution in [3.63, 3.8) is 0 Å². The molecule has 164 valence electrons. The third-order valence-electron chi connectivity index (χ3n) is 4.78. The number of hydrogen-bond donors (Lipinski definition) is 2. The molecule has 7 heteroatoms. The fourth-order valence-electron chi connectivity index (χ4n) is 3.08. The first-order valence-corrected chi connectivity index (χ1v) is 12.1. The Balaban J connectivity index is 1.68. The largest absolute Gasteiger partial charge is 0.326 e. The maximum atomic E-state index is 12.8. The molecule has 0 saturated carbocycles. The molecule has 5 nitrogen and oxygen atoms in total. The zero-order valence-electron chi connectivity index (χ0n) is 18.3. The summed E-state index contributed by atoms with van der Waals surface area (Å²) < 4.78 is 0. The van der Waals surface area contributed by atoms with E-state index in [1.54, 1.807) is 0 Å². The maximum absolute atomic E-state index is 12.8. The van der Waals surface area contributed by atoms with E-state index in [2.05, 4.69) is 16.7 Å². The number of thioether (sulfide) groups is 1. The first kappa shape index (κ1) is 23.6. The van der Waals surface area contributed by atoms with Gasteiger partial charge in [0.1, 0.15) is 11.1 Å². The van der Waals surface area contributed by atoms with Crippen LogP contribution in [0.3, 0.4) is 0 Å². The predicted octanol–water partition coefficient (Wildman–Crippen LogP) is 6.45. The van der Waals surface area contributed by atoms with Gasteiger partial charge in [-0.1, -0.05) is 42.8 Å². The topological polar surface area (TPSA) is 82.0 Å². The van der Waals surface area contributed by atoms with Gasteiger partial charge >= 0.3 is 0 Å². The van der Waals surface area contributed by atoms with E-state index < -0.39 is 0 Å². The molecule has 1 unspecified atom stereocenters. The van der Waals surface area contributed by atoms with Crippen LogP contribution in [0.5, 0.6) is 0 Å². The van der Waals surface area contributed by atoms with E-state index >= 15 is 0 Å². The summed E-state index contributed by atoms with van der Waals surface area (Å²) >= 11 is 2.76. The van der Waals surface area contributed by atoms with Crippen LogP contribution in [0.2, 0.25) is 0 Å². The summed E-state index contributed by atoms with van der Waals surface area (Å²) in [6, 6.07) is 17.7. The molecule has 0 spiro atoms. The SMILES string of the molecule is CCCC(=O)Nc1cccc(SC(C)C(=O)Nc2scc(-c3ccc(C)cc3)c2C#N)c1. The maximum Gasteiger partial charge on any atom is 0.238 e. The lowest BCUT2D eigenvalue weighted by molar-refractivity contribution is -0.116. The average molecular weight is 464 g/mol. The van der Waals surface area contributed by atoms with Gasteiger partial charge in [-0.25, -0.2) is 0 Å². The van der Waals surface area contributed by atoms with E-state index in [0.717, 1.165) is 28.0 Å². The molecular weight excluding hydrogens is 438 g/mol. The molecule has 1 heterocycles. The number of hydrogen-bond acceptors (Lipinski definition) is 5. The van der Waals surface area contributed by atoms with Crippen LogP contribution in [0, 0.1) is 18.3 Å². The van der Waals surface area contributed by atoms with Gasteiger partial charge in [0.2, 0.25) is 11.8 Å². The Morgan fingerprint density at radius 2 is 1.91 bits per heavy atom. The number of amides is 2. The van der Waals surface area contributed by atoms with E-state index in [1.807, 2.05) is 74.7 Å². The van der Waals surface area contributed by atoms with Gasteiger partial charge in [-0.3, -0.25) is 9.59 Å². The summed E-state index contributed by atoms with van der Waals surface area (Å²) in [5, 5.41) is 17.6. The van der Waals surface area contributed by atoms with Gasteiger partial charge in [-0.2, -0.15) is 5.26 Å². The normalized spacial score (nSPS) is 11.4. The van der Waals surface area contributed by atoms with Gasteiger partial charge < -0.3 is 10.6 Å². The Hall–Kier alpha value is -3.08. The van der Waals surface area contributed by atoms with Gasteiger partial charge in [-0.05, 0) is 44.0 Å². The highest BCUT2D eigenvalue weighted by atomic mass is 32.2. The standard InChI is InChI=1S/C25H25N3O2S2/c1-4-6-23(29)27-19-7-5-8-20(13-19)32-17(3)24(30)28-25-21(14-26)22(15-31-25)18-11-9-16(2)10-12-18/h5,7-13,15,17H,4,6H2,1-3H3,(H,27,29)(H,28,30). The first-order chi connectivity index (χ1) is 15.4. The van der Waals surface area contributed by atoms with Gasteiger partial charge in [0.05, 0.1) is 10.8 Å². The number of benzene rings is 2. The van der Waals surface area contributed by atoms with Crippen molar-refractivity contribution in [2.45, 2.75) is 43.8 Å².